The first-order chi connectivity index (χ1) is 14.3. The molecule has 162 valence electrons. The third kappa shape index (κ3) is 7.55. The number of likely N-dealkylation sites (tertiary alicyclic amines) is 1. The number of nitrogens with one attached hydrogen (secondary N) is 1. The summed E-state index contributed by atoms with van der Waals surface area (Å²) in [5.41, 5.74) is 8.84. The zero-order valence-corrected chi connectivity index (χ0v) is 18.3. The van der Waals surface area contributed by atoms with Crippen molar-refractivity contribution in [2.75, 3.05) is 19.3 Å². The van der Waals surface area contributed by atoms with Gasteiger partial charge in [-0.05, 0) is 68.0 Å². The van der Waals surface area contributed by atoms with Gasteiger partial charge < -0.3 is 5.73 Å². The average molecular weight is 430 g/mol. The molecular weight excluding hydrogens is 398 g/mol. The van der Waals surface area contributed by atoms with Gasteiger partial charge in [-0.25, -0.2) is 13.1 Å². The first kappa shape index (κ1) is 22.5. The predicted octanol–water partition coefficient (Wildman–Crippen LogP) is 2.86. The molecule has 7 heteroatoms. The van der Waals surface area contributed by atoms with E-state index < -0.39 is 15.9 Å². The highest BCUT2D eigenvalue weighted by Gasteiger charge is 2.22. The quantitative estimate of drug-likeness (QED) is 0.762. The van der Waals surface area contributed by atoms with Gasteiger partial charge >= 0.3 is 0 Å². The van der Waals surface area contributed by atoms with Crippen molar-refractivity contribution in [1.29, 1.82) is 0 Å². The van der Waals surface area contributed by atoms with E-state index in [-0.39, 0.29) is 0 Å². The molecule has 0 aromatic heterocycles. The van der Waals surface area contributed by atoms with E-state index >= 15 is 0 Å². The molecule has 6 nitrogen and oxygen atoms in total. The average Bonchev–Trinajstić information content (AvgIpc) is 3.56. The number of amides is 1. The van der Waals surface area contributed by atoms with Gasteiger partial charge in [0.15, 0.2) is 0 Å². The molecule has 1 saturated heterocycles. The van der Waals surface area contributed by atoms with E-state index in [0.29, 0.717) is 11.6 Å². The summed E-state index contributed by atoms with van der Waals surface area (Å²) in [6.07, 6.45) is 5.79. The number of hydrogen-bond acceptors (Lipinski definition) is 5. The molecule has 1 heterocycles. The minimum absolute atomic E-state index is 0.309. The zero-order chi connectivity index (χ0) is 21.6. The Labute approximate surface area is 179 Å². The molecule has 3 N–H and O–H groups in total. The summed E-state index contributed by atoms with van der Waals surface area (Å²) in [6.45, 7) is 2.79. The Morgan fingerprint density at radius 1 is 1.00 bits per heavy atom. The first-order valence-electron chi connectivity index (χ1n) is 10.4. The molecule has 2 aromatic carbocycles. The zero-order valence-electron chi connectivity index (χ0n) is 17.5. The lowest BCUT2D eigenvalue weighted by molar-refractivity contribution is 0.0981. The van der Waals surface area contributed by atoms with Crippen molar-refractivity contribution < 1.29 is 13.2 Å². The SMILES string of the molecule is CS(=O)(=O)NC(=O)c1ccc(CN2CCC(N)CC2)cc1.c1ccc(C2CC2)cc1. The van der Waals surface area contributed by atoms with E-state index in [1.807, 2.05) is 16.9 Å². The largest absolute Gasteiger partial charge is 0.328 e. The van der Waals surface area contributed by atoms with E-state index in [1.165, 1.54) is 18.4 Å². The lowest BCUT2D eigenvalue weighted by Gasteiger charge is -2.30. The summed E-state index contributed by atoms with van der Waals surface area (Å²) in [5, 5.41) is 0. The highest BCUT2D eigenvalue weighted by molar-refractivity contribution is 7.89. The molecule has 1 saturated carbocycles. The first-order valence-corrected chi connectivity index (χ1v) is 12.3. The van der Waals surface area contributed by atoms with Crippen LogP contribution < -0.4 is 10.5 Å². The fraction of sp³-hybridized carbons (Fsp3) is 0.435. The third-order valence-electron chi connectivity index (χ3n) is 5.38. The smallest absolute Gasteiger partial charge is 0.264 e. The van der Waals surface area contributed by atoms with Crippen LogP contribution in [0.1, 0.15) is 53.1 Å². The number of benzene rings is 2. The third-order valence-corrected chi connectivity index (χ3v) is 5.94. The van der Waals surface area contributed by atoms with Crippen LogP contribution in [0.3, 0.4) is 0 Å². The number of nitrogens with zero attached hydrogens (tertiary/aromatic N) is 1. The molecule has 2 aliphatic rings. The summed E-state index contributed by atoms with van der Waals surface area (Å²) in [6, 6.07) is 18.1. The molecule has 1 aliphatic carbocycles. The van der Waals surface area contributed by atoms with Gasteiger partial charge in [0.05, 0.1) is 6.26 Å². The Bertz CT molecular complexity index is 918. The van der Waals surface area contributed by atoms with Crippen LogP contribution in [0.5, 0.6) is 0 Å². The van der Waals surface area contributed by atoms with E-state index in [1.54, 1.807) is 12.1 Å². The van der Waals surface area contributed by atoms with Gasteiger partial charge in [0.2, 0.25) is 10.0 Å². The molecule has 0 spiro atoms. The number of sulfonamides is 1. The fourth-order valence-corrected chi connectivity index (χ4v) is 3.95. The number of carbonyl (C=O) groups is 1. The topological polar surface area (TPSA) is 92.5 Å². The van der Waals surface area contributed by atoms with Gasteiger partial charge in [-0.15, -0.1) is 0 Å². The molecule has 0 radical (unpaired) electrons. The molecule has 1 amide bonds. The van der Waals surface area contributed by atoms with Crippen LogP contribution in [-0.4, -0.2) is 44.6 Å². The van der Waals surface area contributed by atoms with Crippen molar-refractivity contribution in [3.8, 4) is 0 Å². The van der Waals surface area contributed by atoms with E-state index in [2.05, 4.69) is 35.2 Å². The van der Waals surface area contributed by atoms with Gasteiger partial charge in [0, 0.05) is 18.2 Å². The second-order valence-corrected chi connectivity index (χ2v) is 9.95. The van der Waals surface area contributed by atoms with Crippen molar-refractivity contribution in [2.24, 2.45) is 5.73 Å². The summed E-state index contributed by atoms with van der Waals surface area (Å²) in [7, 11) is -3.53. The van der Waals surface area contributed by atoms with Crippen LogP contribution in [0.2, 0.25) is 0 Å². The summed E-state index contributed by atoms with van der Waals surface area (Å²) in [4.78, 5) is 14.0. The van der Waals surface area contributed by atoms with E-state index in [9.17, 15) is 13.2 Å². The Balaban J connectivity index is 0.000000234. The summed E-state index contributed by atoms with van der Waals surface area (Å²) in [5.74, 6) is 0.305. The maximum absolute atomic E-state index is 11.7. The van der Waals surface area contributed by atoms with Crippen molar-refractivity contribution in [3.05, 3.63) is 71.3 Å². The van der Waals surface area contributed by atoms with Gasteiger partial charge in [-0.2, -0.15) is 0 Å². The van der Waals surface area contributed by atoms with Crippen LogP contribution in [0.25, 0.3) is 0 Å². The molecular formula is C23H31N3O3S. The maximum atomic E-state index is 11.7. The number of piperidine rings is 1. The standard InChI is InChI=1S/C14H21N3O3S.C9H10/c1-21(19,20)16-14(18)12-4-2-11(3-5-12)10-17-8-6-13(15)7-9-17;1-2-4-8(5-3-1)9-6-7-9/h2-5,13H,6-10,15H2,1H3,(H,16,18);1-5,9H,6-7H2. The predicted molar refractivity (Wildman–Crippen MR) is 120 cm³/mol. The van der Waals surface area contributed by atoms with Crippen molar-refractivity contribution in [1.82, 2.24) is 9.62 Å². The Hall–Kier alpha value is -2.22. The van der Waals surface area contributed by atoms with Crippen LogP contribution >= 0.6 is 0 Å². The van der Waals surface area contributed by atoms with E-state index in [4.69, 9.17) is 5.73 Å². The Kier molecular flexibility index (Phi) is 7.64. The molecule has 0 bridgehead atoms. The number of rotatable bonds is 5. The van der Waals surface area contributed by atoms with Gasteiger partial charge in [0.1, 0.15) is 0 Å². The van der Waals surface area contributed by atoms with Gasteiger partial charge in [-0.3, -0.25) is 9.69 Å². The second-order valence-electron chi connectivity index (χ2n) is 8.20. The van der Waals surface area contributed by atoms with Crippen LogP contribution in [0, 0.1) is 0 Å². The Morgan fingerprint density at radius 2 is 1.60 bits per heavy atom. The lowest BCUT2D eigenvalue weighted by Crippen LogP contribution is -2.39. The van der Waals surface area contributed by atoms with E-state index in [0.717, 1.165) is 50.2 Å². The van der Waals surface area contributed by atoms with Crippen molar-refractivity contribution >= 4 is 15.9 Å². The normalized spacial score (nSPS) is 17.7. The van der Waals surface area contributed by atoms with Crippen LogP contribution in [-0.2, 0) is 16.6 Å². The van der Waals surface area contributed by atoms with Crippen LogP contribution in [0.15, 0.2) is 54.6 Å². The Morgan fingerprint density at radius 3 is 2.13 bits per heavy atom. The number of carbonyl (C=O) groups excluding carboxylic acids is 1. The second kappa shape index (κ2) is 10.2. The van der Waals surface area contributed by atoms with Crippen LogP contribution in [0.4, 0.5) is 0 Å². The summed E-state index contributed by atoms with van der Waals surface area (Å²) < 4.78 is 24.0. The number of nitrogens with two attached hydrogens (primary N) is 1. The highest BCUT2D eigenvalue weighted by atomic mass is 32.2. The van der Waals surface area contributed by atoms with Gasteiger partial charge in [0.25, 0.3) is 5.91 Å². The minimum Gasteiger partial charge on any atom is -0.328 e. The van der Waals surface area contributed by atoms with Crippen molar-refractivity contribution in [3.63, 3.8) is 0 Å². The fourth-order valence-electron chi connectivity index (χ4n) is 3.50. The molecule has 2 fully saturated rings. The molecule has 2 aromatic rings. The monoisotopic (exact) mass is 429 g/mol. The molecule has 30 heavy (non-hydrogen) atoms. The van der Waals surface area contributed by atoms with Gasteiger partial charge in [-0.1, -0.05) is 42.5 Å². The molecule has 4 rings (SSSR count). The maximum Gasteiger partial charge on any atom is 0.264 e. The summed E-state index contributed by atoms with van der Waals surface area (Å²) >= 11 is 0. The molecule has 1 aliphatic heterocycles. The molecule has 0 atom stereocenters. The number of hydrogen-bond donors (Lipinski definition) is 2. The lowest BCUT2D eigenvalue weighted by atomic mass is 10.0. The highest BCUT2D eigenvalue weighted by Crippen LogP contribution is 2.39. The molecule has 0 unspecified atom stereocenters. The minimum atomic E-state index is -3.53. The van der Waals surface area contributed by atoms with Crippen molar-refractivity contribution in [2.45, 2.75) is 44.2 Å².